The van der Waals surface area contributed by atoms with Crippen LogP contribution in [0.1, 0.15) is 62.6 Å². The summed E-state index contributed by atoms with van der Waals surface area (Å²) in [6, 6.07) is 2.00. The van der Waals surface area contributed by atoms with E-state index in [4.69, 9.17) is 23.2 Å². The Bertz CT molecular complexity index is 531. The van der Waals surface area contributed by atoms with Crippen molar-refractivity contribution in [2.45, 2.75) is 57.7 Å². The maximum Gasteiger partial charge on any atom is 0.0750 e. The van der Waals surface area contributed by atoms with Crippen LogP contribution >= 0.6 is 34.5 Å². The average molecular weight is 329 g/mol. The van der Waals surface area contributed by atoms with E-state index in [9.17, 15) is 0 Å². The second kappa shape index (κ2) is 4.18. The monoisotopic (exact) mass is 328 g/mol. The number of hydrogen-bond acceptors (Lipinski definition) is 1. The van der Waals surface area contributed by atoms with Crippen LogP contribution in [0, 0.1) is 22.2 Å². The molecule has 0 amide bonds. The standard InChI is InChI=1S/C17H22Cl2S/c1-15-5-11-6-16(2,8-15)10-17(7-11,9-15)14(19)13-12(18)3-4-20-13/h3-4,11,14H,5-10H2,1-2H3. The Hall–Kier alpha value is 0.280. The van der Waals surface area contributed by atoms with E-state index >= 15 is 0 Å². The predicted molar refractivity (Wildman–Crippen MR) is 87.8 cm³/mol. The molecule has 3 unspecified atom stereocenters. The smallest absolute Gasteiger partial charge is 0.0750 e. The van der Waals surface area contributed by atoms with Crippen LogP contribution in [0.15, 0.2) is 11.4 Å². The van der Waals surface area contributed by atoms with Gasteiger partial charge in [-0.15, -0.1) is 22.9 Å². The van der Waals surface area contributed by atoms with E-state index in [0.29, 0.717) is 16.2 Å². The van der Waals surface area contributed by atoms with Gasteiger partial charge in [0.2, 0.25) is 0 Å². The molecule has 3 atom stereocenters. The summed E-state index contributed by atoms with van der Waals surface area (Å²) >= 11 is 15.1. The van der Waals surface area contributed by atoms with Gasteiger partial charge in [-0.3, -0.25) is 0 Å². The average Bonchev–Trinajstić information content (AvgIpc) is 2.69. The van der Waals surface area contributed by atoms with Crippen LogP contribution in [0.25, 0.3) is 0 Å². The lowest BCUT2D eigenvalue weighted by molar-refractivity contribution is -0.146. The minimum Gasteiger partial charge on any atom is -0.146 e. The van der Waals surface area contributed by atoms with Crippen LogP contribution in [-0.4, -0.2) is 0 Å². The minimum atomic E-state index is 0.108. The van der Waals surface area contributed by atoms with Crippen molar-refractivity contribution >= 4 is 34.5 Å². The van der Waals surface area contributed by atoms with E-state index in [-0.39, 0.29) is 5.38 Å². The van der Waals surface area contributed by atoms with E-state index in [1.807, 2.05) is 6.07 Å². The third-order valence-corrected chi connectivity index (χ3v) is 8.32. The molecule has 4 aliphatic carbocycles. The summed E-state index contributed by atoms with van der Waals surface area (Å²) in [5, 5.41) is 3.06. The maximum absolute atomic E-state index is 7.02. The van der Waals surface area contributed by atoms with Crippen LogP contribution in [-0.2, 0) is 0 Å². The van der Waals surface area contributed by atoms with Gasteiger partial charge in [0.05, 0.1) is 10.4 Å². The third kappa shape index (κ3) is 1.92. The van der Waals surface area contributed by atoms with E-state index in [0.717, 1.165) is 10.9 Å². The van der Waals surface area contributed by atoms with Crippen molar-refractivity contribution in [3.05, 3.63) is 21.3 Å². The molecule has 5 rings (SSSR count). The topological polar surface area (TPSA) is 0 Å². The normalized spacial score (nSPS) is 47.7. The maximum atomic E-state index is 7.02. The number of halogens is 2. The van der Waals surface area contributed by atoms with Gasteiger partial charge in [0, 0.05) is 4.88 Å². The highest BCUT2D eigenvalue weighted by molar-refractivity contribution is 7.11. The van der Waals surface area contributed by atoms with Crippen molar-refractivity contribution in [2.75, 3.05) is 0 Å². The van der Waals surface area contributed by atoms with Crippen molar-refractivity contribution in [1.82, 2.24) is 0 Å². The number of alkyl halides is 1. The molecule has 0 nitrogen and oxygen atoms in total. The number of thiophene rings is 1. The Morgan fingerprint density at radius 2 is 1.80 bits per heavy atom. The highest BCUT2D eigenvalue weighted by Crippen LogP contribution is 2.73. The molecule has 1 aromatic rings. The third-order valence-electron chi connectivity index (χ3n) is 6.08. The molecule has 1 heterocycles. The largest absolute Gasteiger partial charge is 0.146 e. The lowest BCUT2D eigenvalue weighted by atomic mass is 9.39. The van der Waals surface area contributed by atoms with Gasteiger partial charge in [0.15, 0.2) is 0 Å². The first-order valence-corrected chi connectivity index (χ1v) is 9.40. The molecule has 0 aromatic carbocycles. The molecule has 110 valence electrons. The van der Waals surface area contributed by atoms with Gasteiger partial charge in [-0.25, -0.2) is 0 Å². The van der Waals surface area contributed by atoms with Crippen LogP contribution in [0.5, 0.6) is 0 Å². The van der Waals surface area contributed by atoms with Crippen molar-refractivity contribution in [2.24, 2.45) is 22.2 Å². The van der Waals surface area contributed by atoms with Crippen LogP contribution in [0.4, 0.5) is 0 Å². The zero-order chi connectivity index (χ0) is 14.2. The summed E-state index contributed by atoms with van der Waals surface area (Å²) in [6.45, 7) is 5.01. The van der Waals surface area contributed by atoms with Crippen molar-refractivity contribution < 1.29 is 0 Å². The molecule has 4 aliphatic rings. The van der Waals surface area contributed by atoms with Crippen LogP contribution in [0.2, 0.25) is 5.02 Å². The first-order chi connectivity index (χ1) is 9.33. The zero-order valence-corrected chi connectivity index (χ0v) is 14.5. The molecule has 1 aromatic heterocycles. The Morgan fingerprint density at radius 1 is 1.15 bits per heavy atom. The summed E-state index contributed by atoms with van der Waals surface area (Å²) in [7, 11) is 0. The van der Waals surface area contributed by atoms with Crippen molar-refractivity contribution in [3.8, 4) is 0 Å². The fourth-order valence-electron chi connectivity index (χ4n) is 6.58. The molecule has 0 aliphatic heterocycles. The molecule has 0 N–H and O–H groups in total. The van der Waals surface area contributed by atoms with E-state index in [2.05, 4.69) is 19.2 Å². The van der Waals surface area contributed by atoms with Gasteiger partial charge < -0.3 is 0 Å². The summed E-state index contributed by atoms with van der Waals surface area (Å²) in [6.07, 6.45) is 8.17. The minimum absolute atomic E-state index is 0.108. The highest BCUT2D eigenvalue weighted by Gasteiger charge is 2.62. The molecule has 4 fully saturated rings. The lowest BCUT2D eigenvalue weighted by Gasteiger charge is -2.66. The first-order valence-electron chi connectivity index (χ1n) is 7.70. The van der Waals surface area contributed by atoms with Crippen LogP contribution in [0.3, 0.4) is 0 Å². The second-order valence-electron chi connectivity index (χ2n) is 8.49. The number of rotatable bonds is 2. The molecule has 20 heavy (non-hydrogen) atoms. The van der Waals surface area contributed by atoms with E-state index in [1.54, 1.807) is 11.3 Å². The van der Waals surface area contributed by atoms with Gasteiger partial charge >= 0.3 is 0 Å². The molecular formula is C17H22Cl2S. The number of hydrogen-bond donors (Lipinski definition) is 0. The zero-order valence-electron chi connectivity index (χ0n) is 12.2. The van der Waals surface area contributed by atoms with Gasteiger partial charge in [-0.1, -0.05) is 25.4 Å². The van der Waals surface area contributed by atoms with Gasteiger partial charge in [-0.2, -0.15) is 0 Å². The van der Waals surface area contributed by atoms with E-state index < -0.39 is 0 Å². The van der Waals surface area contributed by atoms with E-state index in [1.165, 1.54) is 43.4 Å². The van der Waals surface area contributed by atoms with Gasteiger partial charge in [-0.05, 0) is 72.1 Å². The molecule has 3 heteroatoms. The quantitative estimate of drug-likeness (QED) is 0.531. The van der Waals surface area contributed by atoms with Gasteiger partial charge in [0.1, 0.15) is 0 Å². The molecule has 4 saturated carbocycles. The first kappa shape index (κ1) is 13.9. The summed E-state index contributed by atoms with van der Waals surface area (Å²) < 4.78 is 0. The lowest BCUT2D eigenvalue weighted by Crippen LogP contribution is -2.56. The molecule has 0 radical (unpaired) electrons. The SMILES string of the molecule is CC12CC3CC(C)(C1)CC(C(Cl)c1sccc1Cl)(C3)C2. The van der Waals surface area contributed by atoms with Crippen molar-refractivity contribution in [3.63, 3.8) is 0 Å². The van der Waals surface area contributed by atoms with Crippen molar-refractivity contribution in [1.29, 1.82) is 0 Å². The molecular weight excluding hydrogens is 307 g/mol. The highest BCUT2D eigenvalue weighted by atomic mass is 35.5. The molecule has 0 spiro atoms. The summed E-state index contributed by atoms with van der Waals surface area (Å²) in [5.41, 5.74) is 1.33. The predicted octanol–water partition coefficient (Wildman–Crippen LogP) is 6.68. The Morgan fingerprint density at radius 3 is 2.30 bits per heavy atom. The second-order valence-corrected chi connectivity index (χ2v) is 10.3. The van der Waals surface area contributed by atoms with Gasteiger partial charge in [0.25, 0.3) is 0 Å². The van der Waals surface area contributed by atoms with Crippen LogP contribution < -0.4 is 0 Å². The Kier molecular flexibility index (Phi) is 2.90. The Balaban J connectivity index is 1.75. The fourth-order valence-corrected chi connectivity index (χ4v) is 8.44. The Labute approximate surface area is 135 Å². The summed E-state index contributed by atoms with van der Waals surface area (Å²) in [4.78, 5) is 1.21. The fraction of sp³-hybridized carbons (Fsp3) is 0.765. The molecule has 4 bridgehead atoms. The summed E-state index contributed by atoms with van der Waals surface area (Å²) in [5.74, 6) is 0.890. The molecule has 0 saturated heterocycles.